The second-order valence-corrected chi connectivity index (χ2v) is 15.0. The van der Waals surface area contributed by atoms with E-state index in [1.165, 1.54) is 64.2 Å². The highest BCUT2D eigenvalue weighted by atomic mass is 32.1. The number of hydrogen-bond acceptors (Lipinski definition) is 4. The van der Waals surface area contributed by atoms with Crippen LogP contribution in [-0.2, 0) is 0 Å². The molecule has 11 rings (SSSR count). The lowest BCUT2D eigenvalue weighted by molar-refractivity contribution is 1.07. The summed E-state index contributed by atoms with van der Waals surface area (Å²) in [7, 11) is 0. The zero-order valence-electron chi connectivity index (χ0n) is 30.2. The molecule has 0 N–H and O–H groups in total. The highest BCUT2D eigenvalue weighted by Crippen LogP contribution is 2.46. The first-order valence-electron chi connectivity index (χ1n) is 18.8. The van der Waals surface area contributed by atoms with Crippen LogP contribution in [0.5, 0.6) is 0 Å². The van der Waals surface area contributed by atoms with Gasteiger partial charge in [-0.15, -0.1) is 11.3 Å². The molecule has 56 heavy (non-hydrogen) atoms. The van der Waals surface area contributed by atoms with Gasteiger partial charge in [0.05, 0.1) is 11.0 Å². The van der Waals surface area contributed by atoms with Crippen LogP contribution in [0.4, 0.5) is 0 Å². The van der Waals surface area contributed by atoms with Crippen LogP contribution in [0.1, 0.15) is 0 Å². The number of aromatic nitrogens is 4. The molecule has 0 fully saturated rings. The quantitative estimate of drug-likeness (QED) is 0.171. The summed E-state index contributed by atoms with van der Waals surface area (Å²) in [5, 5.41) is 4.96. The number of benzene rings is 8. The number of thiophene rings is 1. The Bertz CT molecular complexity index is 3180. The molecule has 0 saturated carbocycles. The number of nitrogens with zero attached hydrogens (tertiary/aromatic N) is 4. The smallest absolute Gasteiger partial charge is 0.164 e. The van der Waals surface area contributed by atoms with E-state index >= 15 is 0 Å². The minimum atomic E-state index is 0.657. The summed E-state index contributed by atoms with van der Waals surface area (Å²) in [5.41, 5.74) is 11.3. The molecule has 0 aliphatic carbocycles. The molecule has 3 heterocycles. The Balaban J connectivity index is 1.09. The van der Waals surface area contributed by atoms with Crippen LogP contribution in [-0.4, -0.2) is 19.5 Å². The summed E-state index contributed by atoms with van der Waals surface area (Å²) in [5.74, 6) is 1.97. The average Bonchev–Trinajstić information content (AvgIpc) is 3.83. The molecule has 0 atom stereocenters. The average molecular weight is 733 g/mol. The highest BCUT2D eigenvalue weighted by molar-refractivity contribution is 7.26. The zero-order valence-corrected chi connectivity index (χ0v) is 31.0. The monoisotopic (exact) mass is 732 g/mol. The summed E-state index contributed by atoms with van der Waals surface area (Å²) in [6.07, 6.45) is 0. The summed E-state index contributed by atoms with van der Waals surface area (Å²) in [4.78, 5) is 14.9. The van der Waals surface area contributed by atoms with Crippen LogP contribution in [0.25, 0.3) is 104 Å². The molecule has 262 valence electrons. The van der Waals surface area contributed by atoms with Crippen molar-refractivity contribution in [2.45, 2.75) is 0 Å². The maximum atomic E-state index is 5.02. The van der Waals surface area contributed by atoms with Crippen LogP contribution in [0.15, 0.2) is 194 Å². The van der Waals surface area contributed by atoms with Crippen LogP contribution in [0, 0.1) is 0 Å². The largest absolute Gasteiger partial charge is 0.309 e. The van der Waals surface area contributed by atoms with Crippen LogP contribution < -0.4 is 0 Å². The lowest BCUT2D eigenvalue weighted by Crippen LogP contribution is -1.99. The van der Waals surface area contributed by atoms with Gasteiger partial charge in [-0.05, 0) is 35.4 Å². The van der Waals surface area contributed by atoms with Gasteiger partial charge in [0.2, 0.25) is 0 Å². The summed E-state index contributed by atoms with van der Waals surface area (Å²) in [6.45, 7) is 0. The molecule has 11 aromatic rings. The minimum absolute atomic E-state index is 0.657. The van der Waals surface area contributed by atoms with E-state index in [1.807, 2.05) is 72.0 Å². The van der Waals surface area contributed by atoms with Crippen molar-refractivity contribution in [3.8, 4) is 62.1 Å². The van der Waals surface area contributed by atoms with Crippen LogP contribution in [0.2, 0.25) is 0 Å². The molecule has 0 bridgehead atoms. The molecule has 0 radical (unpaired) electrons. The molecule has 4 nitrogen and oxygen atoms in total. The molecule has 0 spiro atoms. The fourth-order valence-corrected chi connectivity index (χ4v) is 9.39. The minimum Gasteiger partial charge on any atom is -0.309 e. The summed E-state index contributed by atoms with van der Waals surface area (Å²) >= 11 is 1.83. The Hall–Kier alpha value is -7.21. The molecular weight excluding hydrogens is 701 g/mol. The van der Waals surface area contributed by atoms with Crippen molar-refractivity contribution in [2.24, 2.45) is 0 Å². The van der Waals surface area contributed by atoms with Gasteiger partial charge in [0.25, 0.3) is 0 Å². The van der Waals surface area contributed by atoms with Gasteiger partial charge in [-0.25, -0.2) is 15.0 Å². The van der Waals surface area contributed by atoms with Crippen LogP contribution in [0.3, 0.4) is 0 Å². The third kappa shape index (κ3) is 5.32. The standard InChI is InChI=1S/C51H32N4S/c1-4-16-33(17-5-1)49-52-50(34-18-6-2-7-19-34)54-51(53-49)35-30-31-40-44-28-15-27-43(48(44)56-46(40)32-35)38-23-11-10-22-37(38)41-25-14-26-42-39-24-12-13-29-45(39)55(47(41)42)36-20-8-3-9-21-36/h1-32H. The van der Waals surface area contributed by atoms with Gasteiger partial charge in [0, 0.05) is 64.4 Å². The van der Waals surface area contributed by atoms with Gasteiger partial charge in [0.15, 0.2) is 17.5 Å². The second-order valence-electron chi connectivity index (χ2n) is 14.0. The molecule has 0 saturated heterocycles. The maximum Gasteiger partial charge on any atom is 0.164 e. The number of rotatable bonds is 6. The topological polar surface area (TPSA) is 43.6 Å². The van der Waals surface area contributed by atoms with Crippen molar-refractivity contribution in [1.29, 1.82) is 0 Å². The number of hydrogen-bond donors (Lipinski definition) is 0. The Labute approximate surface area is 327 Å². The first kappa shape index (κ1) is 32.2. The normalized spacial score (nSPS) is 11.6. The predicted molar refractivity (Wildman–Crippen MR) is 234 cm³/mol. The second kappa shape index (κ2) is 13.3. The van der Waals surface area contributed by atoms with Crippen LogP contribution >= 0.6 is 11.3 Å². The van der Waals surface area contributed by atoms with Crippen molar-refractivity contribution in [3.63, 3.8) is 0 Å². The summed E-state index contributed by atoms with van der Waals surface area (Å²) < 4.78 is 4.87. The van der Waals surface area contributed by atoms with E-state index < -0.39 is 0 Å². The molecule has 0 aliphatic heterocycles. The molecule has 5 heteroatoms. The van der Waals surface area contributed by atoms with Gasteiger partial charge < -0.3 is 4.57 Å². The molecule has 3 aromatic heterocycles. The van der Waals surface area contributed by atoms with E-state index in [4.69, 9.17) is 15.0 Å². The highest BCUT2D eigenvalue weighted by Gasteiger charge is 2.20. The molecule has 8 aromatic carbocycles. The zero-order chi connectivity index (χ0) is 37.0. The summed E-state index contributed by atoms with van der Waals surface area (Å²) in [6, 6.07) is 68.6. The van der Waals surface area contributed by atoms with Gasteiger partial charge >= 0.3 is 0 Å². The lowest BCUT2D eigenvalue weighted by Gasteiger charge is -2.15. The first-order chi connectivity index (χ1) is 27.8. The van der Waals surface area contributed by atoms with E-state index in [-0.39, 0.29) is 0 Å². The Morgan fingerprint density at radius 1 is 0.357 bits per heavy atom. The molecule has 0 amide bonds. The maximum absolute atomic E-state index is 5.02. The van der Waals surface area contributed by atoms with Crippen molar-refractivity contribution < 1.29 is 0 Å². The third-order valence-electron chi connectivity index (χ3n) is 10.7. The predicted octanol–water partition coefficient (Wildman–Crippen LogP) is 13.7. The van der Waals surface area contributed by atoms with Crippen molar-refractivity contribution >= 4 is 53.3 Å². The van der Waals surface area contributed by atoms with Gasteiger partial charge in [-0.2, -0.15) is 0 Å². The van der Waals surface area contributed by atoms with Gasteiger partial charge in [0.1, 0.15) is 0 Å². The SMILES string of the molecule is c1ccc(-c2nc(-c3ccccc3)nc(-c3ccc4c(c3)sc3c(-c5ccccc5-c5cccc6c7ccccc7n(-c7ccccc7)c56)cccc34)n2)cc1. The van der Waals surface area contributed by atoms with E-state index in [0.29, 0.717) is 17.5 Å². The Morgan fingerprint density at radius 3 is 1.57 bits per heavy atom. The number of fused-ring (bicyclic) bond motifs is 6. The van der Waals surface area contributed by atoms with Gasteiger partial charge in [-0.3, -0.25) is 0 Å². The fraction of sp³-hybridized carbons (Fsp3) is 0. The Kier molecular flexibility index (Phi) is 7.64. The lowest BCUT2D eigenvalue weighted by atomic mass is 9.92. The van der Waals surface area contributed by atoms with Gasteiger partial charge in [-0.1, -0.05) is 170 Å². The van der Waals surface area contributed by atoms with E-state index in [2.05, 4.69) is 138 Å². The van der Waals surface area contributed by atoms with E-state index in [1.54, 1.807) is 0 Å². The fourth-order valence-electron chi connectivity index (χ4n) is 8.12. The van der Waals surface area contributed by atoms with E-state index in [0.717, 1.165) is 22.4 Å². The third-order valence-corrected chi connectivity index (χ3v) is 11.9. The van der Waals surface area contributed by atoms with Crippen molar-refractivity contribution in [2.75, 3.05) is 0 Å². The van der Waals surface area contributed by atoms with Crippen molar-refractivity contribution in [1.82, 2.24) is 19.5 Å². The van der Waals surface area contributed by atoms with E-state index in [9.17, 15) is 0 Å². The number of para-hydroxylation sites is 3. The Morgan fingerprint density at radius 2 is 0.875 bits per heavy atom. The molecule has 0 unspecified atom stereocenters. The van der Waals surface area contributed by atoms with Crippen molar-refractivity contribution in [3.05, 3.63) is 194 Å². The molecular formula is C51H32N4S. The first-order valence-corrected chi connectivity index (χ1v) is 19.6. The molecule has 0 aliphatic rings.